The number of allylic oxidation sites excluding steroid dienone is 1. The Morgan fingerprint density at radius 1 is 1.08 bits per heavy atom. The maximum Gasteiger partial charge on any atom is 0.350 e. The molecule has 0 fully saturated rings. The number of nitrogens with zero attached hydrogens (tertiary/aromatic N) is 1. The van der Waals surface area contributed by atoms with E-state index in [4.69, 9.17) is 5.26 Å². The Balaban J connectivity index is 0. The predicted molar refractivity (Wildman–Crippen MR) is 147 cm³/mol. The van der Waals surface area contributed by atoms with Crippen molar-refractivity contribution >= 4 is 34.8 Å². The number of methoxy groups -OCH3 is 2. The molecule has 202 valence electrons. The third kappa shape index (κ3) is 15.7. The number of ether oxygens (including phenoxy) is 2. The van der Waals surface area contributed by atoms with Crippen LogP contribution >= 0.6 is 11.3 Å². The SMILES string of the molecule is C=C(/C=C\OC)NC(=O)CC.CCC(=O)Nc1c(C#N)csc1C(=O)OC.CCCC(C)(C)CCC. The van der Waals surface area contributed by atoms with Crippen LogP contribution in [0.5, 0.6) is 0 Å². The van der Waals surface area contributed by atoms with Crippen molar-refractivity contribution in [2.45, 2.75) is 80.1 Å². The van der Waals surface area contributed by atoms with Crippen molar-refractivity contribution in [3.63, 3.8) is 0 Å². The molecule has 0 saturated carbocycles. The second-order valence-corrected chi connectivity index (χ2v) is 9.37. The van der Waals surface area contributed by atoms with Crippen molar-refractivity contribution in [2.75, 3.05) is 19.5 Å². The van der Waals surface area contributed by atoms with Crippen LogP contribution in [0.4, 0.5) is 5.69 Å². The minimum atomic E-state index is -0.557. The highest BCUT2D eigenvalue weighted by molar-refractivity contribution is 7.12. The van der Waals surface area contributed by atoms with E-state index in [9.17, 15) is 14.4 Å². The zero-order valence-corrected chi connectivity index (χ0v) is 23.9. The summed E-state index contributed by atoms with van der Waals surface area (Å²) in [6.07, 6.45) is 9.19. The molecule has 1 aromatic heterocycles. The van der Waals surface area contributed by atoms with E-state index in [0.29, 0.717) is 17.5 Å². The Labute approximate surface area is 220 Å². The zero-order chi connectivity index (χ0) is 28.1. The van der Waals surface area contributed by atoms with Crippen LogP contribution in [0.2, 0.25) is 0 Å². The van der Waals surface area contributed by atoms with Crippen LogP contribution in [-0.2, 0) is 19.1 Å². The summed E-state index contributed by atoms with van der Waals surface area (Å²) in [5, 5.41) is 15.4. The highest BCUT2D eigenvalue weighted by Gasteiger charge is 2.19. The highest BCUT2D eigenvalue weighted by Crippen LogP contribution is 2.29. The molecule has 1 rings (SSSR count). The molecule has 0 radical (unpaired) electrons. The molecule has 36 heavy (non-hydrogen) atoms. The average Bonchev–Trinajstić information content (AvgIpc) is 3.25. The van der Waals surface area contributed by atoms with Gasteiger partial charge in [-0.3, -0.25) is 9.59 Å². The third-order valence-electron chi connectivity index (χ3n) is 4.75. The summed E-state index contributed by atoms with van der Waals surface area (Å²) in [5.41, 5.74) is 1.65. The molecule has 0 saturated heterocycles. The molecule has 1 aromatic rings. The van der Waals surface area contributed by atoms with Gasteiger partial charge in [-0.1, -0.05) is 61.0 Å². The quantitative estimate of drug-likeness (QED) is 0.194. The summed E-state index contributed by atoms with van der Waals surface area (Å²) in [5.74, 6) is -0.853. The molecule has 9 heteroatoms. The number of carbonyl (C=O) groups is 3. The number of hydrogen-bond acceptors (Lipinski definition) is 7. The first-order chi connectivity index (χ1) is 17.0. The lowest BCUT2D eigenvalue weighted by atomic mass is 9.84. The molecule has 0 atom stereocenters. The number of anilines is 1. The van der Waals surface area contributed by atoms with Gasteiger partial charge >= 0.3 is 5.97 Å². The Morgan fingerprint density at radius 2 is 1.64 bits per heavy atom. The van der Waals surface area contributed by atoms with E-state index in [1.807, 2.05) is 6.07 Å². The van der Waals surface area contributed by atoms with Crippen LogP contribution in [0.1, 0.15) is 95.3 Å². The number of thiophene rings is 1. The molecule has 8 nitrogen and oxygen atoms in total. The minimum Gasteiger partial charge on any atom is -0.504 e. The first kappa shape index (κ1) is 35.0. The average molecular weight is 522 g/mol. The highest BCUT2D eigenvalue weighted by atomic mass is 32.1. The molecule has 2 N–H and O–H groups in total. The number of nitriles is 1. The maximum atomic E-state index is 11.4. The van der Waals surface area contributed by atoms with Crippen molar-refractivity contribution in [2.24, 2.45) is 5.41 Å². The first-order valence-electron chi connectivity index (χ1n) is 12.0. The van der Waals surface area contributed by atoms with Crippen molar-refractivity contribution in [1.82, 2.24) is 5.32 Å². The zero-order valence-electron chi connectivity index (χ0n) is 23.1. The molecule has 0 spiro atoms. The van der Waals surface area contributed by atoms with E-state index in [1.54, 1.807) is 19.9 Å². The van der Waals surface area contributed by atoms with E-state index in [-0.39, 0.29) is 34.4 Å². The normalized spacial score (nSPS) is 10.1. The van der Waals surface area contributed by atoms with E-state index in [2.05, 4.69) is 54.4 Å². The lowest BCUT2D eigenvalue weighted by molar-refractivity contribution is -0.120. The van der Waals surface area contributed by atoms with E-state index < -0.39 is 5.97 Å². The van der Waals surface area contributed by atoms with Gasteiger partial charge in [0.25, 0.3) is 0 Å². The number of nitrogens with one attached hydrogen (secondary N) is 2. The van der Waals surface area contributed by atoms with Crippen LogP contribution in [0, 0.1) is 16.7 Å². The lowest BCUT2D eigenvalue weighted by Gasteiger charge is -2.22. The fraction of sp³-hybridized carbons (Fsp3) is 0.556. The van der Waals surface area contributed by atoms with Gasteiger partial charge in [-0.05, 0) is 24.3 Å². The van der Waals surface area contributed by atoms with Crippen molar-refractivity contribution in [3.8, 4) is 6.07 Å². The van der Waals surface area contributed by atoms with Gasteiger partial charge in [0.2, 0.25) is 11.8 Å². The van der Waals surface area contributed by atoms with Gasteiger partial charge in [-0.15, -0.1) is 11.3 Å². The Kier molecular flexibility index (Phi) is 19.6. The molecule has 1 heterocycles. The van der Waals surface area contributed by atoms with E-state index in [0.717, 1.165) is 11.3 Å². The predicted octanol–water partition coefficient (Wildman–Crippen LogP) is 6.55. The largest absolute Gasteiger partial charge is 0.504 e. The molecule has 0 unspecified atom stereocenters. The molecular weight excluding hydrogens is 478 g/mol. The maximum absolute atomic E-state index is 11.4. The van der Waals surface area contributed by atoms with Crippen LogP contribution < -0.4 is 10.6 Å². The number of rotatable bonds is 11. The second-order valence-electron chi connectivity index (χ2n) is 8.49. The topological polar surface area (TPSA) is 118 Å². The molecule has 0 aromatic carbocycles. The van der Waals surface area contributed by atoms with Gasteiger partial charge in [0.05, 0.1) is 31.7 Å². The van der Waals surface area contributed by atoms with Crippen molar-refractivity contribution < 1.29 is 23.9 Å². The minimum absolute atomic E-state index is 0.0456. The smallest absolute Gasteiger partial charge is 0.350 e. The Morgan fingerprint density at radius 3 is 2.06 bits per heavy atom. The fourth-order valence-electron chi connectivity index (χ4n) is 2.97. The van der Waals surface area contributed by atoms with Crippen LogP contribution in [0.15, 0.2) is 30.0 Å². The molecule has 0 bridgehead atoms. The molecule has 0 aliphatic heterocycles. The van der Waals surface area contributed by atoms with Crippen molar-refractivity contribution in [3.05, 3.63) is 40.4 Å². The van der Waals surface area contributed by atoms with Gasteiger partial charge in [0.1, 0.15) is 10.9 Å². The summed E-state index contributed by atoms with van der Waals surface area (Å²) in [6, 6.07) is 1.91. The molecule has 2 amide bonds. The molecule has 0 aliphatic rings. The summed E-state index contributed by atoms with van der Waals surface area (Å²) in [6.45, 7) is 16.3. The van der Waals surface area contributed by atoms with Crippen LogP contribution in [-0.4, -0.2) is 32.0 Å². The number of amides is 2. The third-order valence-corrected chi connectivity index (χ3v) is 5.71. The summed E-state index contributed by atoms with van der Waals surface area (Å²) >= 11 is 1.07. The van der Waals surface area contributed by atoms with Crippen LogP contribution in [0.3, 0.4) is 0 Å². The van der Waals surface area contributed by atoms with Gasteiger partial charge in [0, 0.05) is 23.9 Å². The summed E-state index contributed by atoms with van der Waals surface area (Å²) in [4.78, 5) is 33.6. The van der Waals surface area contributed by atoms with Gasteiger partial charge in [0.15, 0.2) is 0 Å². The second kappa shape index (κ2) is 20.1. The van der Waals surface area contributed by atoms with Gasteiger partial charge in [-0.2, -0.15) is 5.26 Å². The first-order valence-corrected chi connectivity index (χ1v) is 12.9. The van der Waals surface area contributed by atoms with Crippen molar-refractivity contribution in [1.29, 1.82) is 5.26 Å². The Hall–Kier alpha value is -3.12. The summed E-state index contributed by atoms with van der Waals surface area (Å²) < 4.78 is 9.20. The summed E-state index contributed by atoms with van der Waals surface area (Å²) in [7, 11) is 2.78. The monoisotopic (exact) mass is 521 g/mol. The van der Waals surface area contributed by atoms with Gasteiger partial charge in [-0.25, -0.2) is 4.79 Å². The lowest BCUT2D eigenvalue weighted by Crippen LogP contribution is -2.19. The fourth-order valence-corrected chi connectivity index (χ4v) is 3.84. The van der Waals surface area contributed by atoms with E-state index in [1.165, 1.54) is 51.5 Å². The van der Waals surface area contributed by atoms with Gasteiger partial charge < -0.3 is 20.1 Å². The molecule has 0 aliphatic carbocycles. The van der Waals surface area contributed by atoms with Crippen LogP contribution in [0.25, 0.3) is 0 Å². The Bertz CT molecular complexity index is 890. The standard InChI is InChI=1S/C10H10N2O3S.C9H20.C8H13NO2/c1-3-7(13)12-8-6(4-11)5-16-9(8)10(14)15-2;1-5-7-9(3,4)8-6-2;1-4-8(10)9-7(2)5-6-11-3/h5H,3H2,1-2H3,(H,12,13);5-8H2,1-4H3;5-6H,2,4H2,1,3H3,(H,9,10)/b;;6-5-. The number of esters is 1. The number of hydrogen-bond donors (Lipinski definition) is 2. The number of carbonyl (C=O) groups excluding carboxylic acids is 3. The molecular formula is C27H43N3O5S. The van der Waals surface area contributed by atoms with E-state index >= 15 is 0 Å².